The Kier molecular flexibility index (Phi) is 5.34. The summed E-state index contributed by atoms with van der Waals surface area (Å²) in [5.74, 6) is -0.321. The number of anilines is 1. The van der Waals surface area contributed by atoms with Gasteiger partial charge >= 0.3 is 0 Å². The van der Waals surface area contributed by atoms with Gasteiger partial charge in [-0.3, -0.25) is 14.0 Å². The molecule has 4 rings (SSSR count). The van der Waals surface area contributed by atoms with E-state index in [0.717, 1.165) is 24.2 Å². The molecule has 0 spiro atoms. The summed E-state index contributed by atoms with van der Waals surface area (Å²) in [6.07, 6.45) is 6.89. The number of pyridine rings is 1. The number of piperidine rings is 1. The predicted octanol–water partition coefficient (Wildman–Crippen LogP) is 3.27. The Labute approximate surface area is 170 Å². The molecule has 1 amide bonds. The SMILES string of the molecule is Cc1ccc2ncc(C(=O)N(C)Cc3ccc(N4CCCCC4)cc3)c(=O)n2c1. The standard InChI is InChI=1S/C23H26N4O2/c1-17-6-11-21-24-14-20(23(29)27(21)15-17)22(28)25(2)16-18-7-9-19(10-8-18)26-12-4-3-5-13-26/h6-11,14-15H,3-5,12-13,16H2,1-2H3. The number of rotatable bonds is 4. The van der Waals surface area contributed by atoms with Crippen molar-refractivity contribution in [3.8, 4) is 0 Å². The number of hydrogen-bond acceptors (Lipinski definition) is 4. The maximum atomic E-state index is 12.9. The average molecular weight is 390 g/mol. The van der Waals surface area contributed by atoms with Crippen molar-refractivity contribution in [2.45, 2.75) is 32.7 Å². The van der Waals surface area contributed by atoms with Gasteiger partial charge in [0, 0.05) is 44.8 Å². The molecule has 0 N–H and O–H groups in total. The lowest BCUT2D eigenvalue weighted by atomic mass is 10.1. The lowest BCUT2D eigenvalue weighted by Crippen LogP contribution is -2.33. The van der Waals surface area contributed by atoms with Gasteiger partial charge < -0.3 is 9.80 Å². The summed E-state index contributed by atoms with van der Waals surface area (Å²) < 4.78 is 1.43. The molecule has 3 heterocycles. The van der Waals surface area contributed by atoms with Gasteiger partial charge in [0.25, 0.3) is 11.5 Å². The fourth-order valence-corrected chi connectivity index (χ4v) is 3.84. The van der Waals surface area contributed by atoms with E-state index in [1.807, 2.05) is 13.0 Å². The zero-order valence-electron chi connectivity index (χ0n) is 17.0. The molecule has 0 atom stereocenters. The van der Waals surface area contributed by atoms with Crippen LogP contribution in [-0.4, -0.2) is 40.3 Å². The highest BCUT2D eigenvalue weighted by atomic mass is 16.2. The molecule has 0 aliphatic carbocycles. The number of benzene rings is 1. The van der Waals surface area contributed by atoms with Gasteiger partial charge in [-0.2, -0.15) is 0 Å². The van der Waals surface area contributed by atoms with Gasteiger partial charge in [0.2, 0.25) is 0 Å². The Hall–Kier alpha value is -3.15. The minimum Gasteiger partial charge on any atom is -0.372 e. The van der Waals surface area contributed by atoms with Crippen molar-refractivity contribution in [3.63, 3.8) is 0 Å². The van der Waals surface area contributed by atoms with Crippen molar-refractivity contribution in [2.75, 3.05) is 25.0 Å². The van der Waals surface area contributed by atoms with Gasteiger partial charge in [0.15, 0.2) is 0 Å². The quantitative estimate of drug-likeness (QED) is 0.686. The van der Waals surface area contributed by atoms with Crippen LogP contribution in [0.25, 0.3) is 5.65 Å². The number of carbonyl (C=O) groups excluding carboxylic acids is 1. The summed E-state index contributed by atoms with van der Waals surface area (Å²) >= 11 is 0. The Morgan fingerprint density at radius 3 is 2.52 bits per heavy atom. The third kappa shape index (κ3) is 4.01. The molecular weight excluding hydrogens is 364 g/mol. The van der Waals surface area contributed by atoms with Crippen LogP contribution in [0.5, 0.6) is 0 Å². The number of amides is 1. The summed E-state index contributed by atoms with van der Waals surface area (Å²) in [7, 11) is 1.71. The van der Waals surface area contributed by atoms with E-state index in [9.17, 15) is 9.59 Å². The molecule has 6 heteroatoms. The number of hydrogen-bond donors (Lipinski definition) is 0. The van der Waals surface area contributed by atoms with Crippen molar-refractivity contribution in [3.05, 3.63) is 75.8 Å². The second-order valence-corrected chi connectivity index (χ2v) is 7.79. The molecule has 1 saturated heterocycles. The molecule has 0 bridgehead atoms. The number of carbonyl (C=O) groups is 1. The molecular formula is C23H26N4O2. The monoisotopic (exact) mass is 390 g/mol. The van der Waals surface area contributed by atoms with Crippen molar-refractivity contribution in [1.82, 2.24) is 14.3 Å². The van der Waals surface area contributed by atoms with Crippen LogP contribution < -0.4 is 10.5 Å². The van der Waals surface area contributed by atoms with Gasteiger partial charge in [-0.05, 0) is 55.5 Å². The Morgan fingerprint density at radius 2 is 1.79 bits per heavy atom. The smallest absolute Gasteiger partial charge is 0.270 e. The maximum Gasteiger partial charge on any atom is 0.270 e. The first-order chi connectivity index (χ1) is 14.0. The van der Waals surface area contributed by atoms with Crippen LogP contribution in [0, 0.1) is 6.92 Å². The van der Waals surface area contributed by atoms with Crippen LogP contribution in [-0.2, 0) is 6.54 Å². The third-order valence-corrected chi connectivity index (χ3v) is 5.50. The molecule has 1 aliphatic heterocycles. The number of nitrogens with zero attached hydrogens (tertiary/aromatic N) is 4. The zero-order valence-corrected chi connectivity index (χ0v) is 17.0. The zero-order chi connectivity index (χ0) is 20.4. The molecule has 2 aromatic heterocycles. The summed E-state index contributed by atoms with van der Waals surface area (Å²) in [6, 6.07) is 12.0. The summed E-state index contributed by atoms with van der Waals surface area (Å²) in [5.41, 5.74) is 3.49. The number of aryl methyl sites for hydroxylation is 1. The highest BCUT2D eigenvalue weighted by Crippen LogP contribution is 2.20. The van der Waals surface area contributed by atoms with E-state index in [0.29, 0.717) is 12.2 Å². The van der Waals surface area contributed by atoms with Crippen LogP contribution >= 0.6 is 0 Å². The van der Waals surface area contributed by atoms with E-state index < -0.39 is 0 Å². The van der Waals surface area contributed by atoms with E-state index >= 15 is 0 Å². The van der Waals surface area contributed by atoms with Crippen molar-refractivity contribution in [2.24, 2.45) is 0 Å². The number of fused-ring (bicyclic) bond motifs is 1. The molecule has 0 saturated carbocycles. The lowest BCUT2D eigenvalue weighted by molar-refractivity contribution is 0.0782. The van der Waals surface area contributed by atoms with Crippen molar-refractivity contribution < 1.29 is 4.79 Å². The Morgan fingerprint density at radius 1 is 1.07 bits per heavy atom. The van der Waals surface area contributed by atoms with E-state index in [1.54, 1.807) is 24.2 Å². The Balaban J connectivity index is 1.50. The second kappa shape index (κ2) is 8.07. The first-order valence-corrected chi connectivity index (χ1v) is 10.1. The van der Waals surface area contributed by atoms with Crippen LogP contribution in [0.2, 0.25) is 0 Å². The number of aromatic nitrogens is 2. The average Bonchev–Trinajstić information content (AvgIpc) is 2.75. The fraction of sp³-hybridized carbons (Fsp3) is 0.348. The molecule has 0 unspecified atom stereocenters. The molecule has 1 aromatic carbocycles. The molecule has 3 aromatic rings. The van der Waals surface area contributed by atoms with E-state index in [2.05, 4.69) is 34.1 Å². The lowest BCUT2D eigenvalue weighted by Gasteiger charge is -2.29. The highest BCUT2D eigenvalue weighted by Gasteiger charge is 2.18. The van der Waals surface area contributed by atoms with Gasteiger partial charge in [-0.25, -0.2) is 4.98 Å². The molecule has 1 aliphatic rings. The minimum absolute atomic E-state index is 0.0838. The van der Waals surface area contributed by atoms with Crippen LogP contribution in [0.3, 0.4) is 0 Å². The topological polar surface area (TPSA) is 57.9 Å². The normalized spacial score (nSPS) is 14.2. The first-order valence-electron chi connectivity index (χ1n) is 10.1. The Bertz CT molecular complexity index is 1080. The van der Waals surface area contributed by atoms with Gasteiger partial charge in [-0.15, -0.1) is 0 Å². The minimum atomic E-state index is -0.337. The molecule has 0 radical (unpaired) electrons. The van der Waals surface area contributed by atoms with Gasteiger partial charge in [-0.1, -0.05) is 18.2 Å². The van der Waals surface area contributed by atoms with Gasteiger partial charge in [0.1, 0.15) is 11.2 Å². The highest BCUT2D eigenvalue weighted by molar-refractivity contribution is 5.93. The maximum absolute atomic E-state index is 12.9. The predicted molar refractivity (Wildman–Crippen MR) is 115 cm³/mol. The second-order valence-electron chi connectivity index (χ2n) is 7.79. The van der Waals surface area contributed by atoms with E-state index in [1.165, 1.54) is 35.5 Å². The fourth-order valence-electron chi connectivity index (χ4n) is 3.84. The van der Waals surface area contributed by atoms with Gasteiger partial charge in [0.05, 0.1) is 0 Å². The van der Waals surface area contributed by atoms with Crippen LogP contribution in [0.4, 0.5) is 5.69 Å². The van der Waals surface area contributed by atoms with E-state index in [-0.39, 0.29) is 17.0 Å². The largest absolute Gasteiger partial charge is 0.372 e. The summed E-state index contributed by atoms with van der Waals surface area (Å²) in [5, 5.41) is 0. The van der Waals surface area contributed by atoms with E-state index in [4.69, 9.17) is 0 Å². The van der Waals surface area contributed by atoms with Crippen molar-refractivity contribution >= 4 is 17.2 Å². The summed E-state index contributed by atoms with van der Waals surface area (Å²) in [4.78, 5) is 33.9. The van der Waals surface area contributed by atoms with Crippen LogP contribution in [0.15, 0.2) is 53.6 Å². The van der Waals surface area contributed by atoms with Crippen molar-refractivity contribution in [1.29, 1.82) is 0 Å². The molecule has 1 fully saturated rings. The molecule has 6 nitrogen and oxygen atoms in total. The summed E-state index contributed by atoms with van der Waals surface area (Å²) in [6.45, 7) is 4.56. The third-order valence-electron chi connectivity index (χ3n) is 5.50. The van der Waals surface area contributed by atoms with Crippen LogP contribution in [0.1, 0.15) is 40.7 Å². The molecule has 29 heavy (non-hydrogen) atoms. The molecule has 150 valence electrons. The first kappa shape index (κ1) is 19.2.